The van der Waals surface area contributed by atoms with Crippen molar-refractivity contribution in [3.8, 4) is 0 Å². The Morgan fingerprint density at radius 3 is 2.85 bits per heavy atom. The van der Waals surface area contributed by atoms with Gasteiger partial charge in [0.1, 0.15) is 0 Å². The van der Waals surface area contributed by atoms with Crippen molar-refractivity contribution in [1.82, 2.24) is 15.4 Å². The molecule has 0 aliphatic heterocycles. The molecule has 1 atom stereocenters. The number of aryl methyl sites for hydroxylation is 1. The molecule has 0 amide bonds. The van der Waals surface area contributed by atoms with Crippen molar-refractivity contribution < 1.29 is 0 Å². The van der Waals surface area contributed by atoms with E-state index in [1.807, 2.05) is 36.8 Å². The Balaban J connectivity index is 1.98. The van der Waals surface area contributed by atoms with E-state index in [4.69, 9.17) is 5.84 Å². The fourth-order valence-corrected chi connectivity index (χ4v) is 3.29. The predicted molar refractivity (Wildman–Crippen MR) is 82.4 cm³/mol. The number of fused-ring (bicyclic) bond motifs is 1. The van der Waals surface area contributed by atoms with Crippen molar-refractivity contribution in [3.63, 3.8) is 0 Å². The Morgan fingerprint density at radius 2 is 2.10 bits per heavy atom. The zero-order chi connectivity index (χ0) is 13.9. The molecule has 0 spiro atoms. The van der Waals surface area contributed by atoms with Gasteiger partial charge in [0.15, 0.2) is 0 Å². The molecule has 3 rings (SSSR count). The molecule has 2 aromatic heterocycles. The van der Waals surface area contributed by atoms with E-state index in [0.29, 0.717) is 0 Å². The van der Waals surface area contributed by atoms with Crippen molar-refractivity contribution in [2.24, 2.45) is 5.84 Å². The van der Waals surface area contributed by atoms with Gasteiger partial charge in [0.2, 0.25) is 0 Å². The maximum atomic E-state index is 5.74. The van der Waals surface area contributed by atoms with Gasteiger partial charge in [-0.3, -0.25) is 16.3 Å². The lowest BCUT2D eigenvalue weighted by molar-refractivity contribution is 0.558. The van der Waals surface area contributed by atoms with Crippen molar-refractivity contribution in [2.45, 2.75) is 19.4 Å². The lowest BCUT2D eigenvalue weighted by Crippen LogP contribution is -2.29. The first-order valence-corrected chi connectivity index (χ1v) is 7.36. The highest BCUT2D eigenvalue weighted by molar-refractivity contribution is 7.09. The Kier molecular flexibility index (Phi) is 3.73. The highest BCUT2D eigenvalue weighted by Gasteiger charge is 2.16. The normalized spacial score (nSPS) is 12.7. The quantitative estimate of drug-likeness (QED) is 0.571. The van der Waals surface area contributed by atoms with Gasteiger partial charge in [0.25, 0.3) is 0 Å². The Hall–Kier alpha value is -1.82. The largest absolute Gasteiger partial charge is 0.271 e. The van der Waals surface area contributed by atoms with Crippen LogP contribution in [0.2, 0.25) is 0 Å². The van der Waals surface area contributed by atoms with E-state index in [1.54, 1.807) is 11.3 Å². The van der Waals surface area contributed by atoms with E-state index in [9.17, 15) is 0 Å². The van der Waals surface area contributed by atoms with Crippen molar-refractivity contribution in [2.75, 3.05) is 0 Å². The summed E-state index contributed by atoms with van der Waals surface area (Å²) in [7, 11) is 0. The first-order chi connectivity index (χ1) is 9.79. The zero-order valence-electron chi connectivity index (χ0n) is 11.2. The van der Waals surface area contributed by atoms with Gasteiger partial charge in [-0.15, -0.1) is 11.3 Å². The third-order valence-corrected chi connectivity index (χ3v) is 4.51. The number of nitrogens with one attached hydrogen (secondary N) is 1. The minimum Gasteiger partial charge on any atom is -0.271 e. The number of hydrogen-bond acceptors (Lipinski definition) is 5. The number of aromatic nitrogens is 2. The summed E-state index contributed by atoms with van der Waals surface area (Å²) < 4.78 is 0. The lowest BCUT2D eigenvalue weighted by atomic mass is 10.0. The average Bonchev–Trinajstić information content (AvgIpc) is 2.91. The second-order valence-electron chi connectivity index (χ2n) is 4.71. The van der Waals surface area contributed by atoms with Crippen LogP contribution in [-0.4, -0.2) is 9.97 Å². The van der Waals surface area contributed by atoms with Crippen LogP contribution >= 0.6 is 11.3 Å². The van der Waals surface area contributed by atoms with E-state index in [1.165, 1.54) is 15.8 Å². The summed E-state index contributed by atoms with van der Waals surface area (Å²) in [5.41, 5.74) is 8.07. The standard InChI is InChI=1S/C15H16N4S/c1-10-15(20-9-18-10)14(19-16)8-11-6-7-17-13-5-3-2-4-12(11)13/h2-7,9,14,19H,8,16H2,1H3. The molecular formula is C15H16N4S. The minimum absolute atomic E-state index is 0.0771. The maximum absolute atomic E-state index is 5.74. The molecule has 3 aromatic rings. The van der Waals surface area contributed by atoms with E-state index < -0.39 is 0 Å². The highest BCUT2D eigenvalue weighted by atomic mass is 32.1. The summed E-state index contributed by atoms with van der Waals surface area (Å²) in [5.74, 6) is 5.74. The van der Waals surface area contributed by atoms with Gasteiger partial charge in [-0.2, -0.15) is 0 Å². The fraction of sp³-hybridized carbons (Fsp3) is 0.200. The average molecular weight is 284 g/mol. The van der Waals surface area contributed by atoms with Gasteiger partial charge in [0.05, 0.1) is 22.8 Å². The number of hydrazine groups is 1. The Morgan fingerprint density at radius 1 is 1.25 bits per heavy atom. The minimum atomic E-state index is 0.0771. The number of thiazole rings is 1. The van der Waals surface area contributed by atoms with Crippen LogP contribution in [0.25, 0.3) is 10.9 Å². The van der Waals surface area contributed by atoms with E-state index in [-0.39, 0.29) is 6.04 Å². The Bertz CT molecular complexity index is 717. The molecule has 2 heterocycles. The van der Waals surface area contributed by atoms with Gasteiger partial charge in [-0.1, -0.05) is 18.2 Å². The Labute approximate surface area is 121 Å². The second kappa shape index (κ2) is 5.66. The molecule has 1 unspecified atom stereocenters. The molecule has 20 heavy (non-hydrogen) atoms. The van der Waals surface area contributed by atoms with E-state index in [0.717, 1.165) is 17.6 Å². The van der Waals surface area contributed by atoms with Crippen LogP contribution in [0.5, 0.6) is 0 Å². The third-order valence-electron chi connectivity index (χ3n) is 3.46. The summed E-state index contributed by atoms with van der Waals surface area (Å²) in [4.78, 5) is 9.88. The third kappa shape index (κ3) is 2.43. The van der Waals surface area contributed by atoms with Gasteiger partial charge in [0, 0.05) is 16.5 Å². The number of nitrogens with two attached hydrogens (primary N) is 1. The summed E-state index contributed by atoms with van der Waals surface area (Å²) in [6.07, 6.45) is 2.67. The molecule has 4 nitrogen and oxygen atoms in total. The number of benzene rings is 1. The molecule has 0 radical (unpaired) electrons. The number of pyridine rings is 1. The summed E-state index contributed by atoms with van der Waals surface area (Å²) in [6, 6.07) is 10.3. The van der Waals surface area contributed by atoms with Gasteiger partial charge < -0.3 is 0 Å². The maximum Gasteiger partial charge on any atom is 0.0798 e. The molecule has 5 heteroatoms. The number of rotatable bonds is 4. The molecule has 0 bridgehead atoms. The zero-order valence-corrected chi connectivity index (χ0v) is 12.0. The van der Waals surface area contributed by atoms with Crippen LogP contribution in [0.15, 0.2) is 42.0 Å². The number of nitrogens with zero attached hydrogens (tertiary/aromatic N) is 2. The molecule has 102 valence electrons. The molecule has 0 saturated carbocycles. The molecule has 0 aliphatic rings. The number of para-hydroxylation sites is 1. The predicted octanol–water partition coefficient (Wildman–Crippen LogP) is 2.75. The van der Waals surface area contributed by atoms with Crippen molar-refractivity contribution in [3.05, 3.63) is 58.2 Å². The van der Waals surface area contributed by atoms with Gasteiger partial charge >= 0.3 is 0 Å². The SMILES string of the molecule is Cc1ncsc1C(Cc1ccnc2ccccc12)NN. The number of hydrogen-bond donors (Lipinski definition) is 2. The first kappa shape index (κ1) is 13.2. The summed E-state index contributed by atoms with van der Waals surface area (Å²) in [6.45, 7) is 2.01. The molecular weight excluding hydrogens is 268 g/mol. The van der Waals surface area contributed by atoms with Gasteiger partial charge in [-0.05, 0) is 31.0 Å². The van der Waals surface area contributed by atoms with E-state index in [2.05, 4.69) is 27.5 Å². The topological polar surface area (TPSA) is 63.8 Å². The molecule has 3 N–H and O–H groups in total. The van der Waals surface area contributed by atoms with Crippen LogP contribution < -0.4 is 11.3 Å². The van der Waals surface area contributed by atoms with Gasteiger partial charge in [-0.25, -0.2) is 4.98 Å². The fourth-order valence-electron chi connectivity index (χ4n) is 2.43. The van der Waals surface area contributed by atoms with Crippen molar-refractivity contribution in [1.29, 1.82) is 0 Å². The van der Waals surface area contributed by atoms with Crippen LogP contribution in [0.4, 0.5) is 0 Å². The van der Waals surface area contributed by atoms with Crippen LogP contribution in [0.1, 0.15) is 22.2 Å². The lowest BCUT2D eigenvalue weighted by Gasteiger charge is -2.16. The molecule has 0 fully saturated rings. The molecule has 0 saturated heterocycles. The monoisotopic (exact) mass is 284 g/mol. The highest BCUT2D eigenvalue weighted by Crippen LogP contribution is 2.27. The van der Waals surface area contributed by atoms with E-state index >= 15 is 0 Å². The summed E-state index contributed by atoms with van der Waals surface area (Å²) in [5, 5.41) is 1.18. The van der Waals surface area contributed by atoms with Crippen LogP contribution in [0, 0.1) is 6.92 Å². The second-order valence-corrected chi connectivity index (χ2v) is 5.60. The van der Waals surface area contributed by atoms with Crippen LogP contribution in [-0.2, 0) is 6.42 Å². The molecule has 0 aliphatic carbocycles. The van der Waals surface area contributed by atoms with Crippen LogP contribution in [0.3, 0.4) is 0 Å². The smallest absolute Gasteiger partial charge is 0.0798 e. The molecule has 1 aromatic carbocycles. The summed E-state index contributed by atoms with van der Waals surface area (Å²) >= 11 is 1.64. The first-order valence-electron chi connectivity index (χ1n) is 6.48. The van der Waals surface area contributed by atoms with Crippen molar-refractivity contribution >= 4 is 22.2 Å².